The van der Waals surface area contributed by atoms with E-state index in [0.717, 1.165) is 10.9 Å². The average Bonchev–Trinajstić information content (AvgIpc) is 3.37. The van der Waals surface area contributed by atoms with Crippen LogP contribution in [0.5, 0.6) is 0 Å². The molecule has 2 rings (SSSR count). The van der Waals surface area contributed by atoms with Crippen LogP contribution in [0.2, 0.25) is 0 Å². The average molecular weight is 602 g/mol. The van der Waals surface area contributed by atoms with E-state index < -0.39 is 53.8 Å². The van der Waals surface area contributed by atoms with Gasteiger partial charge in [-0.05, 0) is 36.8 Å². The largest absolute Gasteiger partial charge is 0.480 e. The van der Waals surface area contributed by atoms with Crippen molar-refractivity contribution in [1.29, 1.82) is 0 Å². The number of guanidine groups is 1. The number of aromatic nitrogens is 1. The highest BCUT2D eigenvalue weighted by atomic mass is 16.4. The minimum Gasteiger partial charge on any atom is -0.480 e. The van der Waals surface area contributed by atoms with Crippen LogP contribution in [0.15, 0.2) is 35.5 Å². The predicted molar refractivity (Wildman–Crippen MR) is 161 cm³/mol. The summed E-state index contributed by atoms with van der Waals surface area (Å²) in [5, 5.41) is 18.4. The quantitative estimate of drug-likeness (QED) is 0.0571. The minimum absolute atomic E-state index is 0.0233. The van der Waals surface area contributed by atoms with Gasteiger partial charge >= 0.3 is 5.97 Å². The number of amides is 4. The minimum atomic E-state index is -1.32. The topological polar surface area (TPSA) is 274 Å². The predicted octanol–water partition coefficient (Wildman–Crippen LogP) is -1.06. The maximum absolute atomic E-state index is 13.4. The molecule has 0 aliphatic carbocycles. The number of para-hydroxylation sites is 1. The second-order valence-electron chi connectivity index (χ2n) is 10.5. The van der Waals surface area contributed by atoms with Crippen LogP contribution in [0.4, 0.5) is 0 Å². The lowest BCUT2D eigenvalue weighted by Gasteiger charge is -2.26. The van der Waals surface area contributed by atoms with Gasteiger partial charge in [0.25, 0.3) is 0 Å². The summed E-state index contributed by atoms with van der Waals surface area (Å²) in [5.74, 6) is -4.42. The van der Waals surface area contributed by atoms with Crippen LogP contribution in [0.1, 0.15) is 51.5 Å². The Bertz CT molecular complexity index is 1310. The molecule has 0 bridgehead atoms. The molecule has 1 heterocycles. The van der Waals surface area contributed by atoms with Crippen molar-refractivity contribution in [2.24, 2.45) is 33.8 Å². The van der Waals surface area contributed by atoms with Crippen LogP contribution in [0, 0.1) is 5.92 Å². The van der Waals surface area contributed by atoms with E-state index in [1.54, 1.807) is 13.1 Å². The Kier molecular flexibility index (Phi) is 13.4. The molecule has 0 radical (unpaired) electrons. The number of carbonyl (C=O) groups excluding carboxylic acids is 4. The molecule has 13 N–H and O–H groups in total. The van der Waals surface area contributed by atoms with E-state index in [1.165, 1.54) is 0 Å². The Balaban J connectivity index is 2.25. The lowest BCUT2D eigenvalue weighted by molar-refractivity contribution is -0.142. The summed E-state index contributed by atoms with van der Waals surface area (Å²) < 4.78 is 0. The number of carboxylic acids is 1. The van der Waals surface area contributed by atoms with E-state index in [2.05, 4.69) is 25.9 Å². The lowest BCUT2D eigenvalue weighted by atomic mass is 9.98. The summed E-state index contributed by atoms with van der Waals surface area (Å²) in [4.78, 5) is 70.0. The van der Waals surface area contributed by atoms with Crippen LogP contribution in [-0.4, -0.2) is 76.4 Å². The van der Waals surface area contributed by atoms with Gasteiger partial charge in [-0.25, -0.2) is 4.79 Å². The van der Waals surface area contributed by atoms with Crippen molar-refractivity contribution in [2.75, 3.05) is 6.54 Å². The number of aliphatic carboxylic acids is 1. The third-order valence-corrected chi connectivity index (χ3v) is 7.16. The molecule has 15 nitrogen and oxygen atoms in total. The van der Waals surface area contributed by atoms with Gasteiger partial charge in [0.2, 0.25) is 23.6 Å². The van der Waals surface area contributed by atoms with Gasteiger partial charge in [0.15, 0.2) is 5.96 Å². The Labute approximate surface area is 249 Å². The molecule has 5 unspecified atom stereocenters. The number of nitrogens with zero attached hydrogens (tertiary/aromatic N) is 1. The maximum atomic E-state index is 13.4. The molecule has 5 atom stereocenters. The van der Waals surface area contributed by atoms with Crippen molar-refractivity contribution in [3.05, 3.63) is 36.0 Å². The van der Waals surface area contributed by atoms with Crippen molar-refractivity contribution < 1.29 is 29.1 Å². The number of aromatic amines is 1. The first kappa shape index (κ1) is 34.5. The van der Waals surface area contributed by atoms with Gasteiger partial charge in [0.05, 0.1) is 6.04 Å². The number of carbonyl (C=O) groups is 5. The molecule has 0 aliphatic heterocycles. The fourth-order valence-corrected chi connectivity index (χ4v) is 4.37. The molecular formula is C28H43N9O6. The van der Waals surface area contributed by atoms with Gasteiger partial charge in [0.1, 0.15) is 18.1 Å². The van der Waals surface area contributed by atoms with Gasteiger partial charge in [-0.2, -0.15) is 0 Å². The highest BCUT2D eigenvalue weighted by Gasteiger charge is 2.31. The second-order valence-corrected chi connectivity index (χ2v) is 10.5. The number of nitrogens with two attached hydrogens (primary N) is 4. The number of rotatable bonds is 18. The Morgan fingerprint density at radius 2 is 1.53 bits per heavy atom. The molecule has 0 fully saturated rings. The van der Waals surface area contributed by atoms with Gasteiger partial charge in [0, 0.05) is 36.5 Å². The Hall–Kier alpha value is -4.66. The zero-order valence-corrected chi connectivity index (χ0v) is 24.5. The van der Waals surface area contributed by atoms with E-state index >= 15 is 0 Å². The molecule has 43 heavy (non-hydrogen) atoms. The standard InChI is InChI=1S/C28H43N9O6/c1-3-15(2)23(30)26(41)36-20(10-11-22(29)38)25(40)35-19(9-6-12-33-28(31)32)24(39)37-21(27(42)43)13-16-14-34-18-8-5-4-7-17(16)18/h4-5,7-8,14-15,19-21,23,34H,3,6,9-13,30H2,1-2H3,(H2,29,38)(H,35,40)(H,36,41)(H,37,39)(H,42,43)(H4,31,32,33). The van der Waals surface area contributed by atoms with Crippen molar-refractivity contribution in [3.8, 4) is 0 Å². The molecule has 4 amide bonds. The molecule has 15 heteroatoms. The number of hydrogen-bond donors (Lipinski definition) is 9. The van der Waals surface area contributed by atoms with Crippen molar-refractivity contribution in [1.82, 2.24) is 20.9 Å². The van der Waals surface area contributed by atoms with Crippen molar-refractivity contribution >= 4 is 46.5 Å². The van der Waals surface area contributed by atoms with E-state index in [9.17, 15) is 29.1 Å². The highest BCUT2D eigenvalue weighted by Crippen LogP contribution is 2.19. The summed E-state index contributed by atoms with van der Waals surface area (Å²) in [5.41, 5.74) is 23.5. The van der Waals surface area contributed by atoms with E-state index in [4.69, 9.17) is 22.9 Å². The molecule has 0 saturated heterocycles. The van der Waals surface area contributed by atoms with Gasteiger partial charge in [-0.3, -0.25) is 24.2 Å². The smallest absolute Gasteiger partial charge is 0.326 e. The van der Waals surface area contributed by atoms with Gasteiger partial charge in [-0.1, -0.05) is 38.5 Å². The summed E-state index contributed by atoms with van der Waals surface area (Å²) in [6.45, 7) is 3.80. The summed E-state index contributed by atoms with van der Waals surface area (Å²) >= 11 is 0. The molecule has 236 valence electrons. The lowest BCUT2D eigenvalue weighted by Crippen LogP contribution is -2.57. The van der Waals surface area contributed by atoms with Crippen LogP contribution >= 0.6 is 0 Å². The first-order valence-corrected chi connectivity index (χ1v) is 14.1. The SMILES string of the molecule is CCC(C)C(N)C(=O)NC(CCC(N)=O)C(=O)NC(CCCN=C(N)N)C(=O)NC(Cc1c[nH]c2ccccc12)C(=O)O. The normalized spacial score (nSPS) is 14.5. The van der Waals surface area contributed by atoms with E-state index in [1.807, 2.05) is 31.2 Å². The molecular weight excluding hydrogens is 558 g/mol. The van der Waals surface area contributed by atoms with Crippen molar-refractivity contribution in [3.63, 3.8) is 0 Å². The number of carboxylic acid groups (broad SMARTS) is 1. The highest BCUT2D eigenvalue weighted by molar-refractivity contribution is 5.94. The number of primary amides is 1. The van der Waals surface area contributed by atoms with Crippen LogP contribution in [0.25, 0.3) is 10.9 Å². The number of fused-ring (bicyclic) bond motifs is 1. The van der Waals surface area contributed by atoms with E-state index in [-0.39, 0.29) is 50.5 Å². The number of H-pyrrole nitrogens is 1. The third-order valence-electron chi connectivity index (χ3n) is 7.16. The van der Waals surface area contributed by atoms with Crippen molar-refractivity contribution in [2.45, 2.75) is 76.5 Å². The zero-order chi connectivity index (χ0) is 32.1. The monoisotopic (exact) mass is 601 g/mol. The Morgan fingerprint density at radius 1 is 0.930 bits per heavy atom. The summed E-state index contributed by atoms with van der Waals surface area (Å²) in [7, 11) is 0. The molecule has 0 spiro atoms. The first-order valence-electron chi connectivity index (χ1n) is 14.1. The molecule has 1 aromatic heterocycles. The zero-order valence-electron chi connectivity index (χ0n) is 24.5. The van der Waals surface area contributed by atoms with Gasteiger partial charge in [-0.15, -0.1) is 0 Å². The fraction of sp³-hybridized carbons (Fsp3) is 0.500. The van der Waals surface area contributed by atoms with E-state index in [0.29, 0.717) is 12.0 Å². The second kappa shape index (κ2) is 16.7. The molecule has 0 aliphatic rings. The van der Waals surface area contributed by atoms with Crippen LogP contribution in [0.3, 0.4) is 0 Å². The van der Waals surface area contributed by atoms with Crippen LogP contribution in [-0.2, 0) is 30.4 Å². The Morgan fingerprint density at radius 3 is 2.14 bits per heavy atom. The number of aliphatic imine (C=N–C) groups is 1. The molecule has 1 aromatic carbocycles. The maximum Gasteiger partial charge on any atom is 0.326 e. The molecule has 2 aromatic rings. The number of nitrogens with one attached hydrogen (secondary N) is 4. The molecule has 0 saturated carbocycles. The first-order chi connectivity index (χ1) is 20.3. The van der Waals surface area contributed by atoms with Crippen LogP contribution < -0.4 is 38.9 Å². The van der Waals surface area contributed by atoms with Gasteiger partial charge < -0.3 is 49.0 Å². The fourth-order valence-electron chi connectivity index (χ4n) is 4.37. The number of benzene rings is 1. The third kappa shape index (κ3) is 10.9. The number of hydrogen-bond acceptors (Lipinski definition) is 7. The summed E-state index contributed by atoms with van der Waals surface area (Å²) in [6.07, 6.45) is 2.21. The summed E-state index contributed by atoms with van der Waals surface area (Å²) in [6, 6.07) is 2.66.